The van der Waals surface area contributed by atoms with Crippen molar-refractivity contribution in [2.24, 2.45) is 0 Å². The molecule has 25 heavy (non-hydrogen) atoms. The van der Waals surface area contributed by atoms with Crippen molar-refractivity contribution in [1.29, 1.82) is 0 Å². The zero-order valence-electron chi connectivity index (χ0n) is 14.5. The van der Waals surface area contributed by atoms with Crippen LogP contribution in [0.4, 0.5) is 0 Å². The summed E-state index contributed by atoms with van der Waals surface area (Å²) in [6.07, 6.45) is 0. The van der Waals surface area contributed by atoms with Gasteiger partial charge >= 0.3 is 5.97 Å². The first-order valence-electron chi connectivity index (χ1n) is 7.86. The van der Waals surface area contributed by atoms with Gasteiger partial charge in [0.1, 0.15) is 22.7 Å². The maximum atomic E-state index is 12.8. The number of amides is 1. The lowest BCUT2D eigenvalue weighted by Gasteiger charge is -2.14. The number of carbonyl (C=O) groups is 2. The van der Waals surface area contributed by atoms with E-state index in [-0.39, 0.29) is 23.8 Å². The summed E-state index contributed by atoms with van der Waals surface area (Å²) in [7, 11) is 1.63. The van der Waals surface area contributed by atoms with E-state index in [4.69, 9.17) is 13.9 Å². The number of nitrogens with zero attached hydrogens (tertiary/aromatic N) is 1. The van der Waals surface area contributed by atoms with Gasteiger partial charge in [0.2, 0.25) is 0 Å². The molecule has 1 N–H and O–H groups in total. The quantitative estimate of drug-likeness (QED) is 0.777. The third kappa shape index (κ3) is 2.91. The van der Waals surface area contributed by atoms with Gasteiger partial charge in [0.25, 0.3) is 5.91 Å². The van der Waals surface area contributed by atoms with Crippen molar-refractivity contribution in [3.05, 3.63) is 58.2 Å². The molecule has 2 aromatic heterocycles. The molecule has 0 bridgehead atoms. The second kappa shape index (κ2) is 6.12. The molecule has 3 rings (SSSR count). The zero-order chi connectivity index (χ0) is 18.3. The lowest BCUT2D eigenvalue weighted by Crippen LogP contribution is -2.26. The topological polar surface area (TPSA) is 83.9 Å². The number of para-hydroxylation sites is 1. The predicted octanol–water partition coefficient (Wildman–Crippen LogP) is 3.92. The number of rotatable bonds is 4. The summed E-state index contributed by atoms with van der Waals surface area (Å²) in [5.74, 6) is -0.313. The Balaban J connectivity index is 1.88. The molecule has 3 aromatic rings. The summed E-state index contributed by atoms with van der Waals surface area (Å²) in [6, 6.07) is 7.23. The Bertz CT molecular complexity index is 979. The third-order valence-electron chi connectivity index (χ3n) is 4.29. The molecule has 0 atom stereocenters. The molecule has 0 fully saturated rings. The van der Waals surface area contributed by atoms with Crippen LogP contribution in [0.1, 0.15) is 43.6 Å². The summed E-state index contributed by atoms with van der Waals surface area (Å²) >= 11 is 0. The Labute approximate surface area is 144 Å². The Kier molecular flexibility index (Phi) is 4.12. The van der Waals surface area contributed by atoms with Crippen LogP contribution in [0.2, 0.25) is 0 Å². The van der Waals surface area contributed by atoms with Crippen molar-refractivity contribution in [3.8, 4) is 0 Å². The summed E-state index contributed by atoms with van der Waals surface area (Å²) in [6.45, 7) is 5.53. The molecule has 0 saturated heterocycles. The average Bonchev–Trinajstić information content (AvgIpc) is 3.08. The molecule has 0 aliphatic heterocycles. The Morgan fingerprint density at radius 2 is 1.88 bits per heavy atom. The lowest BCUT2D eigenvalue weighted by atomic mass is 10.1. The number of benzene rings is 1. The standard InChI is InChI=1S/C19H19NO5/c1-10-6-5-7-14-11(2)17(25-16(10)14)18(21)20(4)9-13-8-15(19(22)23)12(3)24-13/h5-8H,9H2,1-4H3,(H,22,23). The molecule has 2 heterocycles. The second-order valence-corrected chi connectivity index (χ2v) is 6.16. The van der Waals surface area contributed by atoms with Gasteiger partial charge in [0.05, 0.1) is 6.54 Å². The highest BCUT2D eigenvalue weighted by Gasteiger charge is 2.23. The molecule has 6 heteroatoms. The van der Waals surface area contributed by atoms with Crippen LogP contribution in [0.3, 0.4) is 0 Å². The molecule has 0 radical (unpaired) electrons. The Morgan fingerprint density at radius 3 is 2.48 bits per heavy atom. The molecule has 1 amide bonds. The van der Waals surface area contributed by atoms with Crippen LogP contribution in [0.5, 0.6) is 0 Å². The van der Waals surface area contributed by atoms with Gasteiger partial charge in [-0.2, -0.15) is 0 Å². The van der Waals surface area contributed by atoms with Gasteiger partial charge in [0, 0.05) is 18.0 Å². The maximum Gasteiger partial charge on any atom is 0.339 e. The third-order valence-corrected chi connectivity index (χ3v) is 4.29. The molecule has 0 saturated carbocycles. The number of hydrogen-bond donors (Lipinski definition) is 1. The number of carboxylic acid groups (broad SMARTS) is 1. The molecule has 0 aliphatic carbocycles. The molecule has 0 unspecified atom stereocenters. The number of aryl methyl sites for hydroxylation is 3. The zero-order valence-corrected chi connectivity index (χ0v) is 14.5. The van der Waals surface area contributed by atoms with E-state index in [2.05, 4.69) is 0 Å². The highest BCUT2D eigenvalue weighted by molar-refractivity contribution is 5.99. The molecule has 1 aromatic carbocycles. The molecular weight excluding hydrogens is 322 g/mol. The summed E-state index contributed by atoms with van der Waals surface area (Å²) < 4.78 is 11.2. The Morgan fingerprint density at radius 1 is 1.16 bits per heavy atom. The van der Waals surface area contributed by atoms with E-state index in [1.165, 1.54) is 11.0 Å². The molecule has 0 spiro atoms. The highest BCUT2D eigenvalue weighted by Crippen LogP contribution is 2.28. The molecular formula is C19H19NO5. The maximum absolute atomic E-state index is 12.8. The van der Waals surface area contributed by atoms with Crippen LogP contribution in [-0.2, 0) is 6.54 Å². The van der Waals surface area contributed by atoms with Gasteiger partial charge in [-0.1, -0.05) is 18.2 Å². The van der Waals surface area contributed by atoms with Crippen LogP contribution in [-0.4, -0.2) is 28.9 Å². The lowest BCUT2D eigenvalue weighted by molar-refractivity contribution is 0.0693. The van der Waals surface area contributed by atoms with Gasteiger partial charge in [0.15, 0.2) is 5.76 Å². The van der Waals surface area contributed by atoms with Crippen LogP contribution >= 0.6 is 0 Å². The van der Waals surface area contributed by atoms with Crippen LogP contribution in [0.15, 0.2) is 33.1 Å². The number of aromatic carboxylic acids is 1. The van der Waals surface area contributed by atoms with Crippen molar-refractivity contribution in [1.82, 2.24) is 4.90 Å². The number of carboxylic acids is 1. The molecule has 0 aliphatic rings. The van der Waals surface area contributed by atoms with E-state index in [0.29, 0.717) is 17.1 Å². The number of hydrogen-bond acceptors (Lipinski definition) is 4. The van der Waals surface area contributed by atoms with Crippen molar-refractivity contribution in [3.63, 3.8) is 0 Å². The van der Waals surface area contributed by atoms with Crippen molar-refractivity contribution >= 4 is 22.8 Å². The van der Waals surface area contributed by atoms with Crippen molar-refractivity contribution < 1.29 is 23.5 Å². The smallest absolute Gasteiger partial charge is 0.339 e. The largest absolute Gasteiger partial charge is 0.478 e. The van der Waals surface area contributed by atoms with Crippen LogP contribution < -0.4 is 0 Å². The fraction of sp³-hybridized carbons (Fsp3) is 0.263. The van der Waals surface area contributed by atoms with E-state index in [0.717, 1.165) is 16.5 Å². The molecule has 6 nitrogen and oxygen atoms in total. The SMILES string of the molecule is Cc1oc(CN(C)C(=O)c2oc3c(C)cccc3c2C)cc1C(=O)O. The monoisotopic (exact) mass is 341 g/mol. The van der Waals surface area contributed by atoms with Gasteiger partial charge in [-0.15, -0.1) is 0 Å². The van der Waals surface area contributed by atoms with Crippen molar-refractivity contribution in [2.45, 2.75) is 27.3 Å². The fourth-order valence-electron chi connectivity index (χ4n) is 2.90. The summed E-state index contributed by atoms with van der Waals surface area (Å²) in [5.41, 5.74) is 2.57. The van der Waals surface area contributed by atoms with Gasteiger partial charge < -0.3 is 18.8 Å². The van der Waals surface area contributed by atoms with Gasteiger partial charge in [-0.05, 0) is 32.4 Å². The second-order valence-electron chi connectivity index (χ2n) is 6.16. The summed E-state index contributed by atoms with van der Waals surface area (Å²) in [4.78, 5) is 25.3. The van der Waals surface area contributed by atoms with E-state index >= 15 is 0 Å². The molecule has 130 valence electrons. The van der Waals surface area contributed by atoms with E-state index in [1.54, 1.807) is 14.0 Å². The predicted molar refractivity (Wildman–Crippen MR) is 91.9 cm³/mol. The fourth-order valence-corrected chi connectivity index (χ4v) is 2.90. The minimum atomic E-state index is -1.05. The van der Waals surface area contributed by atoms with E-state index < -0.39 is 5.97 Å². The first-order chi connectivity index (χ1) is 11.8. The van der Waals surface area contributed by atoms with Gasteiger partial charge in [-0.25, -0.2) is 4.79 Å². The highest BCUT2D eigenvalue weighted by atomic mass is 16.4. The van der Waals surface area contributed by atoms with Crippen LogP contribution in [0, 0.1) is 20.8 Å². The van der Waals surface area contributed by atoms with Gasteiger partial charge in [-0.3, -0.25) is 4.79 Å². The number of carbonyl (C=O) groups excluding carboxylic acids is 1. The van der Waals surface area contributed by atoms with Crippen molar-refractivity contribution in [2.75, 3.05) is 7.05 Å². The van der Waals surface area contributed by atoms with E-state index in [9.17, 15) is 9.59 Å². The average molecular weight is 341 g/mol. The Hall–Kier alpha value is -3.02. The minimum Gasteiger partial charge on any atom is -0.478 e. The van der Waals surface area contributed by atoms with E-state index in [1.807, 2.05) is 32.0 Å². The number of furan rings is 2. The minimum absolute atomic E-state index is 0.103. The first kappa shape index (κ1) is 16.8. The van der Waals surface area contributed by atoms with Crippen LogP contribution in [0.25, 0.3) is 11.0 Å². The number of fused-ring (bicyclic) bond motifs is 1. The normalized spacial score (nSPS) is 11.0. The first-order valence-corrected chi connectivity index (χ1v) is 7.86. The summed E-state index contributed by atoms with van der Waals surface area (Å²) in [5, 5.41) is 10.0.